The molecule has 7 heteroatoms. The van der Waals surface area contributed by atoms with Gasteiger partial charge < -0.3 is 19.5 Å². The molecular weight excluding hydrogens is 536 g/mol. The van der Waals surface area contributed by atoms with Gasteiger partial charge in [0.15, 0.2) is 5.11 Å². The van der Waals surface area contributed by atoms with E-state index in [0.29, 0.717) is 10.1 Å². The number of pyridine rings is 1. The van der Waals surface area contributed by atoms with Crippen molar-refractivity contribution in [2.24, 2.45) is 0 Å². The zero-order valence-electron chi connectivity index (χ0n) is 22.5. The highest BCUT2D eigenvalue weighted by Crippen LogP contribution is 2.44. The van der Waals surface area contributed by atoms with E-state index in [1.54, 1.807) is 0 Å². The second-order valence-corrected chi connectivity index (χ2v) is 10.8. The van der Waals surface area contributed by atoms with Crippen LogP contribution in [0.2, 0.25) is 5.02 Å². The zero-order valence-corrected chi connectivity index (χ0v) is 24.1. The van der Waals surface area contributed by atoms with E-state index in [-0.39, 0.29) is 12.1 Å². The Balaban J connectivity index is 1.42. The molecule has 200 valence electrons. The van der Waals surface area contributed by atoms with E-state index in [4.69, 9.17) is 33.5 Å². The minimum atomic E-state index is -0.134. The summed E-state index contributed by atoms with van der Waals surface area (Å²) in [5.74, 6) is 1.61. The number of nitrogens with one attached hydrogen (secondary N) is 1. The minimum absolute atomic E-state index is 0.121. The van der Waals surface area contributed by atoms with Crippen molar-refractivity contribution in [3.05, 3.63) is 136 Å². The number of aryl methyl sites for hydroxylation is 2. The molecule has 5 aromatic rings. The SMILES string of the molecule is Cc1ccccc1Oc1ccc(N2C(=S)N[C@@H](c3ccccn3)[C@H]2c2cc(C)n(-c3cccc(Cl)c3)c2C)cc1. The first kappa shape index (κ1) is 26.1. The maximum atomic E-state index is 6.36. The average Bonchev–Trinajstić information content (AvgIpc) is 3.45. The maximum Gasteiger partial charge on any atom is 0.174 e. The molecule has 0 unspecified atom stereocenters. The number of rotatable bonds is 6. The van der Waals surface area contributed by atoms with Crippen LogP contribution in [0.15, 0.2) is 103 Å². The Bertz CT molecular complexity index is 1680. The van der Waals surface area contributed by atoms with E-state index in [1.807, 2.05) is 85.9 Å². The Morgan fingerprint density at radius 1 is 0.850 bits per heavy atom. The van der Waals surface area contributed by atoms with Crippen LogP contribution in [0, 0.1) is 20.8 Å². The fourth-order valence-corrected chi connectivity index (χ4v) is 6.05. The van der Waals surface area contributed by atoms with Crippen molar-refractivity contribution in [3.8, 4) is 17.2 Å². The summed E-state index contributed by atoms with van der Waals surface area (Å²) in [5, 5.41) is 4.93. The molecule has 0 aliphatic carbocycles. The molecule has 6 rings (SSSR count). The second-order valence-electron chi connectivity index (χ2n) is 10.00. The lowest BCUT2D eigenvalue weighted by atomic mass is 9.96. The molecule has 0 amide bonds. The predicted octanol–water partition coefficient (Wildman–Crippen LogP) is 8.42. The van der Waals surface area contributed by atoms with E-state index < -0.39 is 0 Å². The lowest BCUT2D eigenvalue weighted by Crippen LogP contribution is -2.29. The van der Waals surface area contributed by atoms with Crippen LogP contribution in [0.5, 0.6) is 11.5 Å². The molecule has 0 spiro atoms. The van der Waals surface area contributed by atoms with Gasteiger partial charge in [-0.25, -0.2) is 0 Å². The Labute approximate surface area is 245 Å². The largest absolute Gasteiger partial charge is 0.457 e. The van der Waals surface area contributed by atoms with Crippen LogP contribution in [0.1, 0.15) is 40.3 Å². The summed E-state index contributed by atoms with van der Waals surface area (Å²) in [7, 11) is 0. The van der Waals surface area contributed by atoms with Gasteiger partial charge >= 0.3 is 0 Å². The van der Waals surface area contributed by atoms with Crippen LogP contribution in [-0.4, -0.2) is 14.7 Å². The molecule has 1 aliphatic heterocycles. The van der Waals surface area contributed by atoms with Gasteiger partial charge in [0.2, 0.25) is 0 Å². The summed E-state index contributed by atoms with van der Waals surface area (Å²) in [6, 6.07) is 32.0. The summed E-state index contributed by atoms with van der Waals surface area (Å²) in [6.45, 7) is 6.31. The van der Waals surface area contributed by atoms with E-state index in [9.17, 15) is 0 Å². The average molecular weight is 565 g/mol. The molecule has 1 aliphatic rings. The third-order valence-corrected chi connectivity index (χ3v) is 7.94. The van der Waals surface area contributed by atoms with Gasteiger partial charge in [-0.3, -0.25) is 4.98 Å². The van der Waals surface area contributed by atoms with Crippen LogP contribution >= 0.6 is 23.8 Å². The molecule has 1 fully saturated rings. The molecule has 3 heterocycles. The van der Waals surface area contributed by atoms with Crippen LogP contribution in [-0.2, 0) is 0 Å². The number of halogens is 1. The Morgan fingerprint density at radius 3 is 2.35 bits per heavy atom. The van der Waals surface area contributed by atoms with Gasteiger partial charge in [0.1, 0.15) is 11.5 Å². The van der Waals surface area contributed by atoms with Crippen LogP contribution in [0.4, 0.5) is 5.69 Å². The summed E-state index contributed by atoms with van der Waals surface area (Å²) >= 11 is 12.3. The van der Waals surface area contributed by atoms with Gasteiger partial charge in [-0.1, -0.05) is 41.9 Å². The molecule has 0 saturated carbocycles. The second kappa shape index (κ2) is 10.8. The smallest absolute Gasteiger partial charge is 0.174 e. The van der Waals surface area contributed by atoms with Gasteiger partial charge in [0.05, 0.1) is 17.8 Å². The van der Waals surface area contributed by atoms with Gasteiger partial charge in [-0.2, -0.15) is 0 Å². The van der Waals surface area contributed by atoms with Crippen LogP contribution in [0.3, 0.4) is 0 Å². The zero-order chi connectivity index (χ0) is 27.8. The number of para-hydroxylation sites is 1. The molecule has 1 N–H and O–H groups in total. The number of benzene rings is 3. The molecule has 1 saturated heterocycles. The number of ether oxygens (including phenoxy) is 1. The van der Waals surface area contributed by atoms with Crippen molar-refractivity contribution < 1.29 is 4.74 Å². The summed E-state index contributed by atoms with van der Waals surface area (Å²) in [4.78, 5) is 6.89. The van der Waals surface area contributed by atoms with Gasteiger partial charge in [-0.05, 0) is 111 Å². The van der Waals surface area contributed by atoms with Crippen LogP contribution < -0.4 is 15.0 Å². The first-order chi connectivity index (χ1) is 19.4. The fraction of sp³-hybridized carbons (Fsp3) is 0.152. The third-order valence-electron chi connectivity index (χ3n) is 7.39. The van der Waals surface area contributed by atoms with E-state index in [0.717, 1.165) is 45.5 Å². The van der Waals surface area contributed by atoms with Crippen molar-refractivity contribution >= 4 is 34.6 Å². The van der Waals surface area contributed by atoms with Crippen molar-refractivity contribution in [2.45, 2.75) is 32.9 Å². The maximum absolute atomic E-state index is 6.36. The Morgan fingerprint density at radius 2 is 1.62 bits per heavy atom. The molecule has 5 nitrogen and oxygen atoms in total. The highest BCUT2D eigenvalue weighted by Gasteiger charge is 2.42. The minimum Gasteiger partial charge on any atom is -0.457 e. The van der Waals surface area contributed by atoms with E-state index in [2.05, 4.69) is 52.9 Å². The number of thiocarbonyl (C=S) groups is 1. The fourth-order valence-electron chi connectivity index (χ4n) is 5.52. The van der Waals surface area contributed by atoms with Gasteiger partial charge in [0, 0.05) is 34.0 Å². The van der Waals surface area contributed by atoms with E-state index >= 15 is 0 Å². The molecule has 0 bridgehead atoms. The van der Waals surface area contributed by atoms with E-state index in [1.165, 1.54) is 5.56 Å². The van der Waals surface area contributed by atoms with Crippen molar-refractivity contribution in [3.63, 3.8) is 0 Å². The number of hydrogen-bond donors (Lipinski definition) is 1. The molecule has 2 aromatic heterocycles. The highest BCUT2D eigenvalue weighted by atomic mass is 35.5. The first-order valence-corrected chi connectivity index (χ1v) is 14.0. The van der Waals surface area contributed by atoms with Crippen molar-refractivity contribution in [1.82, 2.24) is 14.9 Å². The summed E-state index contributed by atoms with van der Waals surface area (Å²) in [5.41, 5.74) is 7.44. The number of anilines is 1. The van der Waals surface area contributed by atoms with Crippen molar-refractivity contribution in [1.29, 1.82) is 0 Å². The summed E-state index contributed by atoms with van der Waals surface area (Å²) < 4.78 is 8.41. The molecule has 2 atom stereocenters. The third kappa shape index (κ3) is 4.85. The Hall–Kier alpha value is -4.13. The monoisotopic (exact) mass is 564 g/mol. The normalized spacial score (nSPS) is 16.7. The lowest BCUT2D eigenvalue weighted by Gasteiger charge is -2.28. The molecule has 0 radical (unpaired) electrons. The topological polar surface area (TPSA) is 42.3 Å². The molecule has 40 heavy (non-hydrogen) atoms. The molecule has 3 aromatic carbocycles. The van der Waals surface area contributed by atoms with Gasteiger partial charge in [0.25, 0.3) is 0 Å². The number of nitrogens with zero attached hydrogens (tertiary/aromatic N) is 3. The number of hydrogen-bond acceptors (Lipinski definition) is 3. The Kier molecular flexibility index (Phi) is 7.05. The highest BCUT2D eigenvalue weighted by molar-refractivity contribution is 7.80. The van der Waals surface area contributed by atoms with Gasteiger partial charge in [-0.15, -0.1) is 0 Å². The lowest BCUT2D eigenvalue weighted by molar-refractivity contribution is 0.479. The first-order valence-electron chi connectivity index (χ1n) is 13.2. The standard InChI is InChI=1S/C33H29ClN4OS/c1-21-9-4-5-13-30(21)39-27-16-14-25(15-17-27)38-32(31(36-33(38)40)29-12-6-7-18-35-29)28-19-22(2)37(23(28)3)26-11-8-10-24(34)20-26/h4-20,31-32H,1-3H3,(H,36,40)/t31-,32+/m0/s1. The van der Waals surface area contributed by atoms with Crippen molar-refractivity contribution in [2.75, 3.05) is 4.90 Å². The predicted molar refractivity (Wildman–Crippen MR) is 166 cm³/mol. The number of aromatic nitrogens is 2. The quantitative estimate of drug-likeness (QED) is 0.210. The molecular formula is C33H29ClN4OS. The van der Waals surface area contributed by atoms with Crippen LogP contribution in [0.25, 0.3) is 5.69 Å². The summed E-state index contributed by atoms with van der Waals surface area (Å²) in [6.07, 6.45) is 1.83.